The zero-order valence-electron chi connectivity index (χ0n) is 9.97. The average Bonchev–Trinajstić information content (AvgIpc) is 2.80. The number of nitrogens with zero attached hydrogens (tertiary/aromatic N) is 1. The van der Waals surface area contributed by atoms with E-state index >= 15 is 0 Å². The van der Waals surface area contributed by atoms with E-state index < -0.39 is 0 Å². The molecule has 5 heteroatoms. The third-order valence-electron chi connectivity index (χ3n) is 2.75. The van der Waals surface area contributed by atoms with E-state index in [1.165, 1.54) is 7.11 Å². The minimum absolute atomic E-state index is 0.0330. The summed E-state index contributed by atoms with van der Waals surface area (Å²) in [5.74, 6) is 0.348. The number of hydrogen-bond donors (Lipinski definition) is 1. The fourth-order valence-corrected chi connectivity index (χ4v) is 1.81. The van der Waals surface area contributed by atoms with Gasteiger partial charge in [-0.1, -0.05) is 6.07 Å². The largest absolute Gasteiger partial charge is 0.473 e. The quantitative estimate of drug-likeness (QED) is 0.782. The van der Waals surface area contributed by atoms with E-state index in [9.17, 15) is 4.79 Å². The maximum absolute atomic E-state index is 11.3. The zero-order valence-corrected chi connectivity index (χ0v) is 9.97. The van der Waals surface area contributed by atoms with E-state index in [4.69, 9.17) is 4.74 Å². The highest BCUT2D eigenvalue weighted by Gasteiger charge is 2.31. The smallest absolute Gasteiger partial charge is 0.323 e. The molecule has 0 saturated carbocycles. The van der Waals surface area contributed by atoms with Crippen LogP contribution in [0.1, 0.15) is 12.0 Å². The van der Waals surface area contributed by atoms with Crippen molar-refractivity contribution in [3.05, 3.63) is 23.9 Å². The average molecular weight is 236 g/mol. The predicted octanol–water partition coefficient (Wildman–Crippen LogP) is 0.672. The molecular weight excluding hydrogens is 220 g/mol. The number of hydrogen-bond acceptors (Lipinski definition) is 5. The van der Waals surface area contributed by atoms with E-state index in [1.807, 2.05) is 19.1 Å². The van der Waals surface area contributed by atoms with Gasteiger partial charge in [0.25, 0.3) is 0 Å². The van der Waals surface area contributed by atoms with E-state index in [-0.39, 0.29) is 18.1 Å². The standard InChI is InChI=1S/C12H16N2O3/c1-8-3-4-11(14-6-8)17-9-5-10(13-7-9)12(15)16-2/h3-4,6,9-10,13H,5,7H2,1-2H3/t9-,10-/m0/s1. The van der Waals surface area contributed by atoms with Crippen LogP contribution < -0.4 is 10.1 Å². The van der Waals surface area contributed by atoms with E-state index in [0.29, 0.717) is 18.8 Å². The molecule has 0 radical (unpaired) electrons. The number of esters is 1. The maximum Gasteiger partial charge on any atom is 0.323 e. The second kappa shape index (κ2) is 5.14. The molecule has 1 aliphatic rings. The molecule has 0 bridgehead atoms. The molecule has 2 heterocycles. The second-order valence-electron chi connectivity index (χ2n) is 4.13. The van der Waals surface area contributed by atoms with Crippen molar-refractivity contribution < 1.29 is 14.3 Å². The van der Waals surface area contributed by atoms with Crippen molar-refractivity contribution in [1.29, 1.82) is 0 Å². The monoisotopic (exact) mass is 236 g/mol. The Bertz CT molecular complexity index is 391. The molecule has 1 aromatic rings. The summed E-state index contributed by atoms with van der Waals surface area (Å²) in [7, 11) is 1.39. The van der Waals surface area contributed by atoms with Crippen LogP contribution in [-0.4, -0.2) is 36.8 Å². The molecule has 0 spiro atoms. The first kappa shape index (κ1) is 11.9. The van der Waals surface area contributed by atoms with Crippen molar-refractivity contribution in [2.24, 2.45) is 0 Å². The molecular formula is C12H16N2O3. The first-order valence-corrected chi connectivity index (χ1v) is 5.59. The maximum atomic E-state index is 11.3. The number of carbonyl (C=O) groups is 1. The van der Waals surface area contributed by atoms with Crippen LogP contribution in [0.3, 0.4) is 0 Å². The number of aryl methyl sites for hydroxylation is 1. The van der Waals surface area contributed by atoms with Gasteiger partial charge in [-0.25, -0.2) is 4.98 Å². The van der Waals surface area contributed by atoms with Crippen molar-refractivity contribution in [3.8, 4) is 5.88 Å². The third-order valence-corrected chi connectivity index (χ3v) is 2.75. The molecule has 5 nitrogen and oxygen atoms in total. The molecule has 0 aliphatic carbocycles. The number of ether oxygens (including phenoxy) is 2. The van der Waals surface area contributed by atoms with Gasteiger partial charge in [0.05, 0.1) is 7.11 Å². The van der Waals surface area contributed by atoms with Crippen LogP contribution in [0.4, 0.5) is 0 Å². The third kappa shape index (κ3) is 2.94. The molecule has 2 rings (SSSR count). The van der Waals surface area contributed by atoms with Crippen LogP contribution in [-0.2, 0) is 9.53 Å². The normalized spacial score (nSPS) is 23.4. The van der Waals surface area contributed by atoms with Gasteiger partial charge in [0.2, 0.25) is 5.88 Å². The Labute approximate surface area is 100 Å². The molecule has 1 aromatic heterocycles. The number of rotatable bonds is 3. The number of pyridine rings is 1. The highest BCUT2D eigenvalue weighted by molar-refractivity contribution is 5.76. The number of carbonyl (C=O) groups excluding carboxylic acids is 1. The van der Waals surface area contributed by atoms with E-state index in [1.54, 1.807) is 6.20 Å². The zero-order chi connectivity index (χ0) is 12.3. The highest BCUT2D eigenvalue weighted by Crippen LogP contribution is 2.15. The summed E-state index contributed by atoms with van der Waals surface area (Å²) in [6, 6.07) is 3.51. The lowest BCUT2D eigenvalue weighted by Crippen LogP contribution is -2.31. The highest BCUT2D eigenvalue weighted by atomic mass is 16.5. The van der Waals surface area contributed by atoms with Crippen molar-refractivity contribution in [1.82, 2.24) is 10.3 Å². The van der Waals surface area contributed by atoms with E-state index in [2.05, 4.69) is 15.0 Å². The SMILES string of the molecule is COC(=O)[C@@H]1C[C@H](Oc2ccc(C)cn2)CN1. The molecule has 0 amide bonds. The Kier molecular flexibility index (Phi) is 3.58. The Morgan fingerprint density at radius 3 is 3.00 bits per heavy atom. The van der Waals surface area contributed by atoms with Crippen molar-refractivity contribution in [2.45, 2.75) is 25.5 Å². The number of nitrogens with one attached hydrogen (secondary N) is 1. The van der Waals surface area contributed by atoms with Crippen molar-refractivity contribution in [3.63, 3.8) is 0 Å². The lowest BCUT2D eigenvalue weighted by molar-refractivity contribution is -0.142. The van der Waals surface area contributed by atoms with Crippen molar-refractivity contribution in [2.75, 3.05) is 13.7 Å². The minimum Gasteiger partial charge on any atom is -0.473 e. The molecule has 0 unspecified atom stereocenters. The van der Waals surface area contributed by atoms with Gasteiger partial charge in [-0.3, -0.25) is 4.79 Å². The lowest BCUT2D eigenvalue weighted by atomic mass is 10.2. The van der Waals surface area contributed by atoms with Crippen molar-refractivity contribution >= 4 is 5.97 Å². The summed E-state index contributed by atoms with van der Waals surface area (Å²) in [5.41, 5.74) is 1.09. The predicted molar refractivity (Wildman–Crippen MR) is 61.8 cm³/mol. The molecule has 1 saturated heterocycles. The summed E-state index contributed by atoms with van der Waals surface area (Å²) >= 11 is 0. The Morgan fingerprint density at radius 1 is 1.53 bits per heavy atom. The molecule has 1 aliphatic heterocycles. The molecule has 1 N–H and O–H groups in total. The van der Waals surface area contributed by atoms with Crippen LogP contribution in [0.2, 0.25) is 0 Å². The lowest BCUT2D eigenvalue weighted by Gasteiger charge is -2.11. The molecule has 0 aromatic carbocycles. The molecule has 17 heavy (non-hydrogen) atoms. The van der Waals surface area contributed by atoms with Gasteiger partial charge >= 0.3 is 5.97 Å². The summed E-state index contributed by atoms with van der Waals surface area (Å²) in [6.07, 6.45) is 2.34. The van der Waals surface area contributed by atoms with Gasteiger partial charge in [-0.05, 0) is 12.5 Å². The summed E-state index contributed by atoms with van der Waals surface area (Å²) in [6.45, 7) is 2.61. The van der Waals surface area contributed by atoms with Crippen LogP contribution in [0, 0.1) is 6.92 Å². The van der Waals surface area contributed by atoms with Gasteiger partial charge in [0.1, 0.15) is 12.1 Å². The summed E-state index contributed by atoms with van der Waals surface area (Å²) in [5, 5.41) is 3.06. The molecule has 1 fully saturated rings. The summed E-state index contributed by atoms with van der Waals surface area (Å²) in [4.78, 5) is 15.5. The second-order valence-corrected chi connectivity index (χ2v) is 4.13. The van der Waals surface area contributed by atoms with Gasteiger partial charge in [0, 0.05) is 25.2 Å². The van der Waals surface area contributed by atoms with Crippen LogP contribution in [0.5, 0.6) is 5.88 Å². The Morgan fingerprint density at radius 2 is 2.35 bits per heavy atom. The number of aromatic nitrogens is 1. The summed E-state index contributed by atoms with van der Waals surface area (Å²) < 4.78 is 10.3. The topological polar surface area (TPSA) is 60.5 Å². The molecule has 2 atom stereocenters. The minimum atomic E-state index is -0.268. The van der Waals surface area contributed by atoms with Gasteiger partial charge in [-0.15, -0.1) is 0 Å². The first-order valence-electron chi connectivity index (χ1n) is 5.59. The van der Waals surface area contributed by atoms with Crippen LogP contribution in [0.25, 0.3) is 0 Å². The van der Waals surface area contributed by atoms with Gasteiger partial charge in [-0.2, -0.15) is 0 Å². The van der Waals surface area contributed by atoms with E-state index in [0.717, 1.165) is 5.56 Å². The van der Waals surface area contributed by atoms with Crippen LogP contribution in [0.15, 0.2) is 18.3 Å². The Hall–Kier alpha value is -1.62. The number of methoxy groups -OCH3 is 1. The fourth-order valence-electron chi connectivity index (χ4n) is 1.81. The Balaban J connectivity index is 1.89. The first-order chi connectivity index (χ1) is 8.19. The molecule has 92 valence electrons. The van der Waals surface area contributed by atoms with Gasteiger partial charge < -0.3 is 14.8 Å². The van der Waals surface area contributed by atoms with Gasteiger partial charge in [0.15, 0.2) is 0 Å². The van der Waals surface area contributed by atoms with Crippen LogP contribution >= 0.6 is 0 Å². The fraction of sp³-hybridized carbons (Fsp3) is 0.500.